The second-order valence-electron chi connectivity index (χ2n) is 4.60. The molecule has 0 bridgehead atoms. The summed E-state index contributed by atoms with van der Waals surface area (Å²) in [7, 11) is 1.53. The zero-order valence-corrected chi connectivity index (χ0v) is 11.3. The molecule has 0 aliphatic carbocycles. The van der Waals surface area contributed by atoms with Gasteiger partial charge in [-0.3, -0.25) is 9.59 Å². The number of ether oxygens (including phenoxy) is 1. The molecule has 2 N–H and O–H groups in total. The predicted molar refractivity (Wildman–Crippen MR) is 72.2 cm³/mol. The van der Waals surface area contributed by atoms with Crippen molar-refractivity contribution in [2.75, 3.05) is 26.8 Å². The maximum absolute atomic E-state index is 12.3. The van der Waals surface area contributed by atoms with Crippen LogP contribution in [0.4, 0.5) is 0 Å². The predicted octanol–water partition coefficient (Wildman–Crippen LogP) is -0.0919. The molecule has 1 aromatic carbocycles. The first-order valence-corrected chi connectivity index (χ1v) is 6.49. The van der Waals surface area contributed by atoms with Crippen molar-refractivity contribution in [1.82, 2.24) is 10.2 Å². The second-order valence-corrected chi connectivity index (χ2v) is 4.60. The average molecular weight is 278 g/mol. The Labute approximate surface area is 117 Å². The van der Waals surface area contributed by atoms with E-state index in [0.717, 1.165) is 0 Å². The smallest absolute Gasteiger partial charge is 0.244 e. The van der Waals surface area contributed by atoms with Crippen molar-refractivity contribution in [3.8, 4) is 5.75 Å². The molecule has 1 unspecified atom stereocenters. The average Bonchev–Trinajstić information content (AvgIpc) is 2.48. The number of morpholine rings is 1. The summed E-state index contributed by atoms with van der Waals surface area (Å²) in [5.74, 6) is -0.343. The molecule has 2 amide bonds. The number of hydrogen-bond donors (Lipinski definition) is 2. The molecular formula is C14H18N2O4. The number of likely N-dealkylation sites (N-methyl/N-ethyl adjacent to an activating group) is 1. The Morgan fingerprint density at radius 3 is 2.90 bits per heavy atom. The molecule has 2 rings (SSSR count). The number of carbonyl (C=O) groups is 2. The number of aromatic hydroxyl groups is 1. The molecule has 1 fully saturated rings. The third-order valence-electron chi connectivity index (χ3n) is 3.33. The van der Waals surface area contributed by atoms with E-state index in [1.54, 1.807) is 18.2 Å². The largest absolute Gasteiger partial charge is 0.508 e. The van der Waals surface area contributed by atoms with Crippen molar-refractivity contribution < 1.29 is 19.4 Å². The Morgan fingerprint density at radius 2 is 2.20 bits per heavy atom. The van der Waals surface area contributed by atoms with Crippen LogP contribution >= 0.6 is 0 Å². The number of nitrogens with zero attached hydrogens (tertiary/aromatic N) is 1. The number of amides is 2. The second kappa shape index (κ2) is 6.38. The SMILES string of the molecule is CNC(=O)C1COCCN1C(=O)Cc1ccccc1O. The standard InChI is InChI=1S/C14H18N2O4/c1-15-14(19)11-9-20-7-6-16(11)13(18)8-10-4-2-3-5-12(10)17/h2-5,11,17H,6-9H2,1H3,(H,15,19). The molecule has 1 atom stereocenters. The van der Waals surface area contributed by atoms with Gasteiger partial charge in [0.2, 0.25) is 11.8 Å². The summed E-state index contributed by atoms with van der Waals surface area (Å²) in [5, 5.41) is 12.2. The van der Waals surface area contributed by atoms with Crippen molar-refractivity contribution in [3.63, 3.8) is 0 Å². The number of carbonyl (C=O) groups excluding carboxylic acids is 2. The summed E-state index contributed by atoms with van der Waals surface area (Å²) in [6.07, 6.45) is 0.0696. The van der Waals surface area contributed by atoms with Crippen molar-refractivity contribution in [2.45, 2.75) is 12.5 Å². The lowest BCUT2D eigenvalue weighted by Crippen LogP contribution is -2.55. The lowest BCUT2D eigenvalue weighted by molar-refractivity contribution is -0.147. The number of hydrogen-bond acceptors (Lipinski definition) is 4. The van der Waals surface area contributed by atoms with Gasteiger partial charge in [-0.2, -0.15) is 0 Å². The Balaban J connectivity index is 2.10. The van der Waals surface area contributed by atoms with Gasteiger partial charge >= 0.3 is 0 Å². The van der Waals surface area contributed by atoms with E-state index >= 15 is 0 Å². The van der Waals surface area contributed by atoms with Gasteiger partial charge in [0.1, 0.15) is 11.8 Å². The van der Waals surface area contributed by atoms with Gasteiger partial charge < -0.3 is 20.1 Å². The summed E-state index contributed by atoms with van der Waals surface area (Å²) in [6, 6.07) is 6.09. The van der Waals surface area contributed by atoms with Crippen LogP contribution in [0.2, 0.25) is 0 Å². The highest BCUT2D eigenvalue weighted by Gasteiger charge is 2.32. The topological polar surface area (TPSA) is 78.9 Å². The molecule has 0 radical (unpaired) electrons. The number of rotatable bonds is 3. The minimum atomic E-state index is -0.605. The highest BCUT2D eigenvalue weighted by Crippen LogP contribution is 2.18. The fourth-order valence-electron chi connectivity index (χ4n) is 2.21. The lowest BCUT2D eigenvalue weighted by Gasteiger charge is -2.34. The summed E-state index contributed by atoms with van der Waals surface area (Å²) >= 11 is 0. The van der Waals surface area contributed by atoms with Crippen LogP contribution in [-0.4, -0.2) is 54.7 Å². The monoisotopic (exact) mass is 278 g/mol. The van der Waals surface area contributed by atoms with Gasteiger partial charge in [-0.15, -0.1) is 0 Å². The molecule has 1 aromatic rings. The van der Waals surface area contributed by atoms with E-state index in [1.165, 1.54) is 18.0 Å². The molecular weight excluding hydrogens is 260 g/mol. The van der Waals surface area contributed by atoms with Crippen LogP contribution in [0.1, 0.15) is 5.56 Å². The van der Waals surface area contributed by atoms with E-state index in [2.05, 4.69) is 5.32 Å². The van der Waals surface area contributed by atoms with Crippen LogP contribution in [0.25, 0.3) is 0 Å². The molecule has 20 heavy (non-hydrogen) atoms. The quantitative estimate of drug-likeness (QED) is 0.810. The highest BCUT2D eigenvalue weighted by atomic mass is 16.5. The lowest BCUT2D eigenvalue weighted by atomic mass is 10.1. The van der Waals surface area contributed by atoms with E-state index in [0.29, 0.717) is 18.7 Å². The Morgan fingerprint density at radius 1 is 1.45 bits per heavy atom. The molecule has 6 nitrogen and oxygen atoms in total. The van der Waals surface area contributed by atoms with E-state index < -0.39 is 6.04 Å². The molecule has 1 aliphatic heterocycles. The Bertz CT molecular complexity index is 504. The van der Waals surface area contributed by atoms with Crippen molar-refractivity contribution in [2.24, 2.45) is 0 Å². The van der Waals surface area contributed by atoms with Gasteiger partial charge in [-0.05, 0) is 6.07 Å². The maximum atomic E-state index is 12.3. The summed E-state index contributed by atoms with van der Waals surface area (Å²) in [5.41, 5.74) is 0.555. The molecule has 1 aliphatic rings. The van der Waals surface area contributed by atoms with E-state index in [1.807, 2.05) is 0 Å². The number of nitrogens with one attached hydrogen (secondary N) is 1. The normalized spacial score (nSPS) is 18.6. The van der Waals surface area contributed by atoms with E-state index in [-0.39, 0.29) is 30.6 Å². The summed E-state index contributed by atoms with van der Waals surface area (Å²) in [4.78, 5) is 25.6. The number of phenolic OH excluding ortho intramolecular Hbond substituents is 1. The van der Waals surface area contributed by atoms with Crippen molar-refractivity contribution >= 4 is 11.8 Å². The third kappa shape index (κ3) is 3.08. The zero-order valence-electron chi connectivity index (χ0n) is 11.3. The van der Waals surface area contributed by atoms with Gasteiger partial charge in [-0.1, -0.05) is 18.2 Å². The number of benzene rings is 1. The fraction of sp³-hybridized carbons (Fsp3) is 0.429. The van der Waals surface area contributed by atoms with Crippen LogP contribution in [0.5, 0.6) is 5.75 Å². The van der Waals surface area contributed by atoms with Crippen molar-refractivity contribution in [3.05, 3.63) is 29.8 Å². The Hall–Kier alpha value is -2.08. The molecule has 108 valence electrons. The van der Waals surface area contributed by atoms with Crippen LogP contribution in [-0.2, 0) is 20.7 Å². The minimum Gasteiger partial charge on any atom is -0.508 e. The molecule has 1 heterocycles. The van der Waals surface area contributed by atoms with Gasteiger partial charge in [-0.25, -0.2) is 0 Å². The molecule has 1 saturated heterocycles. The van der Waals surface area contributed by atoms with Crippen LogP contribution < -0.4 is 5.32 Å². The fourth-order valence-corrected chi connectivity index (χ4v) is 2.21. The van der Waals surface area contributed by atoms with E-state index in [4.69, 9.17) is 4.74 Å². The van der Waals surface area contributed by atoms with Crippen LogP contribution in [0.15, 0.2) is 24.3 Å². The molecule has 6 heteroatoms. The van der Waals surface area contributed by atoms with Crippen molar-refractivity contribution in [1.29, 1.82) is 0 Å². The minimum absolute atomic E-state index is 0.0696. The Kier molecular flexibility index (Phi) is 4.57. The highest BCUT2D eigenvalue weighted by molar-refractivity contribution is 5.88. The third-order valence-corrected chi connectivity index (χ3v) is 3.33. The zero-order chi connectivity index (χ0) is 14.5. The molecule has 0 spiro atoms. The first-order chi connectivity index (χ1) is 9.63. The summed E-state index contributed by atoms with van der Waals surface area (Å²) in [6.45, 7) is 0.997. The number of phenols is 1. The molecule has 0 aromatic heterocycles. The number of para-hydroxylation sites is 1. The van der Waals surface area contributed by atoms with Gasteiger partial charge in [0.05, 0.1) is 19.6 Å². The first-order valence-electron chi connectivity index (χ1n) is 6.49. The van der Waals surface area contributed by atoms with Crippen LogP contribution in [0.3, 0.4) is 0 Å². The van der Waals surface area contributed by atoms with Gasteiger partial charge in [0, 0.05) is 19.2 Å². The van der Waals surface area contributed by atoms with Crippen LogP contribution in [0, 0.1) is 0 Å². The van der Waals surface area contributed by atoms with Gasteiger partial charge in [0.15, 0.2) is 0 Å². The van der Waals surface area contributed by atoms with Gasteiger partial charge in [0.25, 0.3) is 0 Å². The first kappa shape index (κ1) is 14.3. The maximum Gasteiger partial charge on any atom is 0.244 e. The van der Waals surface area contributed by atoms with E-state index in [9.17, 15) is 14.7 Å². The summed E-state index contributed by atoms with van der Waals surface area (Å²) < 4.78 is 5.26. The molecule has 0 saturated carbocycles.